The van der Waals surface area contributed by atoms with Gasteiger partial charge in [-0.3, -0.25) is 4.79 Å². The molecule has 0 aliphatic heterocycles. The SMILES string of the molecule is [CH2]CCCCC(N)C(=O)OCc1ccccc1. The maximum atomic E-state index is 11.5. The van der Waals surface area contributed by atoms with Crippen LogP contribution in [0.4, 0.5) is 0 Å². The summed E-state index contributed by atoms with van der Waals surface area (Å²) in [6.07, 6.45) is 3.47. The van der Waals surface area contributed by atoms with E-state index in [9.17, 15) is 4.79 Å². The molecule has 3 nitrogen and oxygen atoms in total. The molecule has 0 bridgehead atoms. The lowest BCUT2D eigenvalue weighted by Crippen LogP contribution is -2.32. The summed E-state index contributed by atoms with van der Waals surface area (Å²) in [7, 11) is 0. The first-order valence-electron chi connectivity index (χ1n) is 5.99. The van der Waals surface area contributed by atoms with E-state index < -0.39 is 6.04 Å². The van der Waals surface area contributed by atoms with Crippen molar-refractivity contribution in [1.29, 1.82) is 0 Å². The number of esters is 1. The highest BCUT2D eigenvalue weighted by Crippen LogP contribution is 2.05. The second kappa shape index (κ2) is 7.85. The highest BCUT2D eigenvalue weighted by atomic mass is 16.5. The molecule has 0 heterocycles. The summed E-state index contributed by atoms with van der Waals surface area (Å²) in [5.41, 5.74) is 6.70. The third-order valence-electron chi connectivity index (χ3n) is 2.54. The zero-order chi connectivity index (χ0) is 12.5. The number of benzene rings is 1. The Morgan fingerprint density at radius 2 is 2.00 bits per heavy atom. The van der Waals surface area contributed by atoms with Crippen molar-refractivity contribution < 1.29 is 9.53 Å². The van der Waals surface area contributed by atoms with E-state index in [4.69, 9.17) is 10.5 Å². The van der Waals surface area contributed by atoms with Crippen LogP contribution in [0.1, 0.15) is 31.2 Å². The van der Waals surface area contributed by atoms with E-state index in [0.717, 1.165) is 24.8 Å². The molecule has 1 radical (unpaired) electrons. The number of nitrogens with two attached hydrogens (primary N) is 1. The van der Waals surface area contributed by atoms with Crippen LogP contribution in [0, 0.1) is 6.92 Å². The molecule has 3 heteroatoms. The third-order valence-corrected chi connectivity index (χ3v) is 2.54. The van der Waals surface area contributed by atoms with Gasteiger partial charge in [0.05, 0.1) is 0 Å². The van der Waals surface area contributed by atoms with Crippen LogP contribution in [-0.2, 0) is 16.1 Å². The Kier molecular flexibility index (Phi) is 6.33. The summed E-state index contributed by atoms with van der Waals surface area (Å²) in [4.78, 5) is 11.5. The van der Waals surface area contributed by atoms with Crippen molar-refractivity contribution in [1.82, 2.24) is 0 Å². The molecule has 0 amide bonds. The molecule has 17 heavy (non-hydrogen) atoms. The lowest BCUT2D eigenvalue weighted by Gasteiger charge is -2.11. The third kappa shape index (κ3) is 5.50. The highest BCUT2D eigenvalue weighted by Gasteiger charge is 2.14. The number of ether oxygens (including phenoxy) is 1. The van der Waals surface area contributed by atoms with Crippen LogP contribution in [0.3, 0.4) is 0 Å². The van der Waals surface area contributed by atoms with Gasteiger partial charge in [-0.15, -0.1) is 0 Å². The Morgan fingerprint density at radius 3 is 2.65 bits per heavy atom. The first-order chi connectivity index (χ1) is 8.24. The van der Waals surface area contributed by atoms with Crippen LogP contribution in [-0.4, -0.2) is 12.0 Å². The van der Waals surface area contributed by atoms with Crippen LogP contribution in [0.15, 0.2) is 30.3 Å². The fourth-order valence-electron chi connectivity index (χ4n) is 1.49. The van der Waals surface area contributed by atoms with Crippen molar-refractivity contribution in [3.63, 3.8) is 0 Å². The van der Waals surface area contributed by atoms with E-state index in [0.29, 0.717) is 13.0 Å². The van der Waals surface area contributed by atoms with Crippen LogP contribution >= 0.6 is 0 Å². The van der Waals surface area contributed by atoms with Crippen LogP contribution in [0.5, 0.6) is 0 Å². The average molecular weight is 234 g/mol. The van der Waals surface area contributed by atoms with Crippen molar-refractivity contribution in [3.05, 3.63) is 42.8 Å². The molecule has 0 spiro atoms. The molecule has 1 atom stereocenters. The monoisotopic (exact) mass is 234 g/mol. The van der Waals surface area contributed by atoms with Crippen LogP contribution in [0.25, 0.3) is 0 Å². The molecule has 1 aromatic rings. The standard InChI is InChI=1S/C14H20NO2/c1-2-3-5-10-13(15)14(16)17-11-12-8-6-4-7-9-12/h4,6-9,13H,1-3,5,10-11,15H2. The lowest BCUT2D eigenvalue weighted by atomic mass is 10.1. The highest BCUT2D eigenvalue weighted by molar-refractivity contribution is 5.75. The van der Waals surface area contributed by atoms with Gasteiger partial charge >= 0.3 is 5.97 Å². The summed E-state index contributed by atoms with van der Waals surface area (Å²) in [5.74, 6) is -0.321. The second-order valence-corrected chi connectivity index (χ2v) is 4.05. The van der Waals surface area contributed by atoms with E-state index in [1.807, 2.05) is 30.3 Å². The molecule has 0 saturated carbocycles. The van der Waals surface area contributed by atoms with Crippen molar-refractivity contribution in [2.75, 3.05) is 0 Å². The van der Waals surface area contributed by atoms with Crippen LogP contribution in [0.2, 0.25) is 0 Å². The summed E-state index contributed by atoms with van der Waals surface area (Å²) in [6, 6.07) is 9.08. The predicted octanol–water partition coefficient (Wildman–Crippen LogP) is 2.45. The van der Waals surface area contributed by atoms with E-state index in [2.05, 4.69) is 6.92 Å². The normalized spacial score (nSPS) is 12.1. The average Bonchev–Trinajstić information content (AvgIpc) is 2.37. The summed E-state index contributed by atoms with van der Waals surface area (Å²) < 4.78 is 5.14. The minimum Gasteiger partial charge on any atom is -0.460 e. The molecule has 2 N–H and O–H groups in total. The Labute approximate surface area is 103 Å². The van der Waals surface area contributed by atoms with Gasteiger partial charge in [0.15, 0.2) is 0 Å². The summed E-state index contributed by atoms with van der Waals surface area (Å²) in [6.45, 7) is 4.04. The van der Waals surface area contributed by atoms with Gasteiger partial charge in [-0.2, -0.15) is 0 Å². The van der Waals surface area contributed by atoms with E-state index >= 15 is 0 Å². The molecule has 0 fully saturated rings. The van der Waals surface area contributed by atoms with Gasteiger partial charge in [0, 0.05) is 0 Å². The van der Waals surface area contributed by atoms with Crippen molar-refractivity contribution in [3.8, 4) is 0 Å². The molecule has 0 saturated heterocycles. The fraction of sp³-hybridized carbons (Fsp3) is 0.429. The predicted molar refractivity (Wildman–Crippen MR) is 68.0 cm³/mol. The molecule has 0 aromatic heterocycles. The first kappa shape index (κ1) is 13.7. The minimum absolute atomic E-state index is 0.294. The topological polar surface area (TPSA) is 52.3 Å². The van der Waals surface area contributed by atoms with Crippen molar-refractivity contribution in [2.24, 2.45) is 5.73 Å². The Bertz CT molecular complexity index is 324. The number of hydrogen-bond acceptors (Lipinski definition) is 3. The largest absolute Gasteiger partial charge is 0.460 e. The van der Waals surface area contributed by atoms with Gasteiger partial charge in [-0.25, -0.2) is 0 Å². The zero-order valence-electron chi connectivity index (χ0n) is 10.1. The molecule has 1 aromatic carbocycles. The lowest BCUT2D eigenvalue weighted by molar-refractivity contribution is -0.146. The van der Waals surface area contributed by atoms with Gasteiger partial charge < -0.3 is 10.5 Å². The van der Waals surface area contributed by atoms with Gasteiger partial charge in [0.2, 0.25) is 0 Å². The number of hydrogen-bond donors (Lipinski definition) is 1. The molecule has 1 unspecified atom stereocenters. The summed E-state index contributed by atoms with van der Waals surface area (Å²) in [5, 5.41) is 0. The Balaban J connectivity index is 2.24. The fourth-order valence-corrected chi connectivity index (χ4v) is 1.49. The van der Waals surface area contributed by atoms with Gasteiger partial charge in [0.25, 0.3) is 0 Å². The molecule has 1 rings (SSSR count). The Hall–Kier alpha value is -1.35. The quantitative estimate of drug-likeness (QED) is 0.582. The van der Waals surface area contributed by atoms with Gasteiger partial charge in [-0.05, 0) is 12.0 Å². The van der Waals surface area contributed by atoms with Crippen molar-refractivity contribution >= 4 is 5.97 Å². The number of unbranched alkanes of at least 4 members (excludes halogenated alkanes) is 2. The van der Waals surface area contributed by atoms with Crippen LogP contribution < -0.4 is 5.73 Å². The van der Waals surface area contributed by atoms with E-state index in [1.54, 1.807) is 0 Å². The maximum Gasteiger partial charge on any atom is 0.323 e. The number of carbonyl (C=O) groups is 1. The van der Waals surface area contributed by atoms with Gasteiger partial charge in [0.1, 0.15) is 12.6 Å². The molecule has 93 valence electrons. The van der Waals surface area contributed by atoms with E-state index in [1.165, 1.54) is 0 Å². The van der Waals surface area contributed by atoms with Crippen molar-refractivity contribution in [2.45, 2.75) is 38.3 Å². The maximum absolute atomic E-state index is 11.5. The molecular formula is C14H20NO2. The minimum atomic E-state index is -0.509. The van der Waals surface area contributed by atoms with E-state index in [-0.39, 0.29) is 5.97 Å². The molecule has 0 aliphatic rings. The number of rotatable bonds is 7. The summed E-state index contributed by atoms with van der Waals surface area (Å²) >= 11 is 0. The Morgan fingerprint density at radius 1 is 1.29 bits per heavy atom. The second-order valence-electron chi connectivity index (χ2n) is 4.05. The van der Waals surface area contributed by atoms with Gasteiger partial charge in [-0.1, -0.05) is 56.5 Å². The molecule has 0 aliphatic carbocycles. The smallest absolute Gasteiger partial charge is 0.323 e. The molecular weight excluding hydrogens is 214 g/mol. The first-order valence-corrected chi connectivity index (χ1v) is 5.99. The number of carbonyl (C=O) groups excluding carboxylic acids is 1. The zero-order valence-corrected chi connectivity index (χ0v) is 10.1.